The first-order valence-corrected chi connectivity index (χ1v) is 21.5. The van der Waals surface area contributed by atoms with E-state index in [2.05, 4.69) is 51.4 Å². The quantitative estimate of drug-likeness (QED) is 0.144. The van der Waals surface area contributed by atoms with Crippen molar-refractivity contribution in [2.24, 2.45) is 0 Å². The van der Waals surface area contributed by atoms with Crippen LogP contribution in [-0.4, -0.2) is 144 Å². The van der Waals surface area contributed by atoms with Gasteiger partial charge >= 0.3 is 0 Å². The highest BCUT2D eigenvalue weighted by molar-refractivity contribution is 5.67. The molecule has 1 unspecified atom stereocenters. The van der Waals surface area contributed by atoms with E-state index in [0.717, 1.165) is 50.9 Å². The lowest BCUT2D eigenvalue weighted by atomic mass is 10.1. The summed E-state index contributed by atoms with van der Waals surface area (Å²) in [4.78, 5) is 21.4. The number of halogens is 4. The Morgan fingerprint density at radius 1 is 0.609 bits per heavy atom. The lowest BCUT2D eigenvalue weighted by Crippen LogP contribution is -2.38. The number of ether oxygens (including phenoxy) is 4. The zero-order valence-corrected chi connectivity index (χ0v) is 35.5. The summed E-state index contributed by atoms with van der Waals surface area (Å²) in [7, 11) is 3.14. The third-order valence-electron chi connectivity index (χ3n) is 11.6. The molecule has 0 aromatic carbocycles. The normalized spacial score (nSPS) is 19.3. The number of hydrogen-bond donors (Lipinski definition) is 4. The highest BCUT2D eigenvalue weighted by Gasteiger charge is 2.26. The molecular formula is C42H50F4N14O4. The van der Waals surface area contributed by atoms with Crippen molar-refractivity contribution in [1.29, 1.82) is 0 Å². The molecule has 0 bridgehead atoms. The van der Waals surface area contributed by atoms with Gasteiger partial charge in [0.05, 0.1) is 53.0 Å². The zero-order chi connectivity index (χ0) is 44.2. The minimum atomic E-state index is -0.776. The maximum atomic E-state index is 14.8. The molecule has 6 aromatic heterocycles. The van der Waals surface area contributed by atoms with Crippen LogP contribution in [-0.2, 0) is 9.47 Å². The molecule has 4 aliphatic heterocycles. The average Bonchev–Trinajstić information content (AvgIpc) is 3.95. The molecule has 0 amide bonds. The van der Waals surface area contributed by atoms with Gasteiger partial charge in [-0.1, -0.05) is 0 Å². The number of imidazole rings is 2. The van der Waals surface area contributed by atoms with Crippen LogP contribution in [0.4, 0.5) is 40.8 Å². The lowest BCUT2D eigenvalue weighted by molar-refractivity contribution is 0.122. The Morgan fingerprint density at radius 3 is 1.41 bits per heavy atom. The van der Waals surface area contributed by atoms with E-state index in [1.807, 2.05) is 9.80 Å². The van der Waals surface area contributed by atoms with Crippen LogP contribution in [0.5, 0.6) is 11.5 Å². The Kier molecular flexibility index (Phi) is 13.0. The van der Waals surface area contributed by atoms with E-state index in [1.54, 1.807) is 26.4 Å². The standard InChI is InChI=1S/2C21H25F2N7O2/c2*1-31-17-10-18-25-12-16(30(18)28-21(17)29-5-7-32-8-6-29)19-14(22)9-15(23)20(27-19)26-13-3-2-4-24-11-13/h2*9-10,12-13,24H,2-8,11H2,1H3,(H,26,27)/t13-;/m0./s1. The largest absolute Gasteiger partial charge is 0.493 e. The van der Waals surface area contributed by atoms with Crippen LogP contribution in [0.2, 0.25) is 0 Å². The number of morpholine rings is 2. The topological polar surface area (TPSA) is 178 Å². The molecule has 340 valence electrons. The van der Waals surface area contributed by atoms with Crippen LogP contribution in [0.1, 0.15) is 25.7 Å². The molecule has 4 saturated heterocycles. The molecule has 0 saturated carbocycles. The summed E-state index contributed by atoms with van der Waals surface area (Å²) in [6.07, 6.45) is 6.72. The third kappa shape index (κ3) is 9.12. The third-order valence-corrected chi connectivity index (χ3v) is 11.6. The zero-order valence-electron chi connectivity index (χ0n) is 35.5. The molecule has 0 aliphatic carbocycles. The molecule has 4 fully saturated rings. The molecule has 6 aromatic rings. The summed E-state index contributed by atoms with van der Waals surface area (Å²) in [6, 6.07) is 5.26. The maximum absolute atomic E-state index is 14.8. The fourth-order valence-electron chi connectivity index (χ4n) is 8.22. The highest BCUT2D eigenvalue weighted by atomic mass is 19.1. The van der Waals surface area contributed by atoms with Crippen molar-refractivity contribution in [3.05, 3.63) is 59.9 Å². The Hall–Kier alpha value is -6.10. The second kappa shape index (κ2) is 19.3. The number of nitrogens with zero attached hydrogens (tertiary/aromatic N) is 10. The van der Waals surface area contributed by atoms with Crippen LogP contribution in [0.25, 0.3) is 34.1 Å². The Morgan fingerprint density at radius 2 is 1.03 bits per heavy atom. The molecule has 10 heterocycles. The average molecular weight is 891 g/mol. The van der Waals surface area contributed by atoms with Gasteiger partial charge < -0.3 is 50.0 Å². The summed E-state index contributed by atoms with van der Waals surface area (Å²) in [5.41, 5.74) is 1.58. The minimum absolute atomic E-state index is 0.0178. The number of aromatic nitrogens is 8. The molecule has 0 radical (unpaired) electrons. The van der Waals surface area contributed by atoms with Crippen molar-refractivity contribution in [3.8, 4) is 34.3 Å². The van der Waals surface area contributed by atoms with Crippen molar-refractivity contribution in [2.75, 3.05) is 113 Å². The van der Waals surface area contributed by atoms with E-state index in [4.69, 9.17) is 18.9 Å². The van der Waals surface area contributed by atoms with Crippen molar-refractivity contribution >= 4 is 34.6 Å². The van der Waals surface area contributed by atoms with Gasteiger partial charge in [-0.05, 0) is 38.8 Å². The Bertz CT molecular complexity index is 2400. The van der Waals surface area contributed by atoms with E-state index in [0.29, 0.717) is 112 Å². The fourth-order valence-corrected chi connectivity index (χ4v) is 8.22. The van der Waals surface area contributed by atoms with E-state index < -0.39 is 23.3 Å². The molecule has 18 nitrogen and oxygen atoms in total. The minimum Gasteiger partial charge on any atom is -0.493 e. The van der Waals surface area contributed by atoms with Gasteiger partial charge in [0.1, 0.15) is 22.8 Å². The fraction of sp³-hybridized carbons (Fsp3) is 0.476. The van der Waals surface area contributed by atoms with Crippen molar-refractivity contribution < 1.29 is 36.5 Å². The van der Waals surface area contributed by atoms with Gasteiger partial charge in [0.15, 0.2) is 69.3 Å². The smallest absolute Gasteiger partial charge is 0.192 e. The number of pyridine rings is 2. The molecule has 2 atom stereocenters. The summed E-state index contributed by atoms with van der Waals surface area (Å²) in [5, 5.41) is 22.1. The van der Waals surface area contributed by atoms with Crippen LogP contribution >= 0.6 is 0 Å². The number of methoxy groups -OCH3 is 2. The van der Waals surface area contributed by atoms with Crippen LogP contribution < -0.4 is 40.5 Å². The maximum Gasteiger partial charge on any atom is 0.192 e. The Balaban J connectivity index is 0.000000162. The number of rotatable bonds is 10. The summed E-state index contributed by atoms with van der Waals surface area (Å²) >= 11 is 0. The van der Waals surface area contributed by atoms with Crippen molar-refractivity contribution in [3.63, 3.8) is 0 Å². The van der Waals surface area contributed by atoms with Crippen molar-refractivity contribution in [1.82, 2.24) is 49.8 Å². The first kappa shape index (κ1) is 43.2. The molecule has 0 spiro atoms. The predicted molar refractivity (Wildman–Crippen MR) is 230 cm³/mol. The van der Waals surface area contributed by atoms with Gasteiger partial charge in [0.2, 0.25) is 0 Å². The molecule has 4 aliphatic rings. The number of nitrogens with one attached hydrogen (secondary N) is 4. The second-order valence-electron chi connectivity index (χ2n) is 15.8. The van der Waals surface area contributed by atoms with Crippen LogP contribution in [0.15, 0.2) is 36.7 Å². The summed E-state index contributed by atoms with van der Waals surface area (Å²) in [5.74, 6) is -0.618. The lowest BCUT2D eigenvalue weighted by Gasteiger charge is -2.28. The van der Waals surface area contributed by atoms with Gasteiger partial charge in [-0.3, -0.25) is 0 Å². The monoisotopic (exact) mass is 890 g/mol. The Labute approximate surface area is 365 Å². The van der Waals surface area contributed by atoms with Gasteiger partial charge in [-0.25, -0.2) is 46.5 Å². The van der Waals surface area contributed by atoms with Gasteiger partial charge in [0, 0.05) is 75.6 Å². The molecule has 64 heavy (non-hydrogen) atoms. The molecule has 10 rings (SSSR count). The first-order valence-electron chi connectivity index (χ1n) is 21.5. The first-order chi connectivity index (χ1) is 31.3. The number of fused-ring (bicyclic) bond motifs is 2. The van der Waals surface area contributed by atoms with Crippen molar-refractivity contribution in [2.45, 2.75) is 37.8 Å². The molecular weight excluding hydrogens is 841 g/mol. The number of hydrogen-bond acceptors (Lipinski definition) is 16. The van der Waals surface area contributed by atoms with Gasteiger partial charge in [-0.2, -0.15) is 0 Å². The molecule has 22 heteroatoms. The predicted octanol–water partition coefficient (Wildman–Crippen LogP) is 4.16. The van der Waals surface area contributed by atoms with Gasteiger partial charge in [0.25, 0.3) is 0 Å². The number of piperidine rings is 2. The van der Waals surface area contributed by atoms with E-state index >= 15 is 0 Å². The van der Waals surface area contributed by atoms with Gasteiger partial charge in [-0.15, -0.1) is 10.2 Å². The molecule has 4 N–H and O–H groups in total. The van der Waals surface area contributed by atoms with E-state index in [1.165, 1.54) is 21.4 Å². The SMILES string of the molecule is COc1cc2ncc(-c3nc(NC4CCCNC4)c(F)cc3F)n2nc1N1CCOCC1.COc1cc2ncc(-c3nc(N[C@H]4CCCNC4)c(F)cc3F)n2nc1N1CCOCC1. The van der Waals surface area contributed by atoms with Crippen LogP contribution in [0.3, 0.4) is 0 Å². The number of anilines is 4. The highest BCUT2D eigenvalue weighted by Crippen LogP contribution is 2.33. The summed E-state index contributed by atoms with van der Waals surface area (Å²) < 4.78 is 83.6. The van der Waals surface area contributed by atoms with E-state index in [9.17, 15) is 17.6 Å². The van der Waals surface area contributed by atoms with Crippen LogP contribution in [0, 0.1) is 23.3 Å². The summed E-state index contributed by atoms with van der Waals surface area (Å²) in [6.45, 7) is 8.24. The van der Waals surface area contributed by atoms with E-state index in [-0.39, 0.29) is 35.1 Å². The second-order valence-corrected chi connectivity index (χ2v) is 15.8.